The van der Waals surface area contributed by atoms with Gasteiger partial charge < -0.3 is 4.74 Å². The summed E-state index contributed by atoms with van der Waals surface area (Å²) in [6.45, 7) is 0. The highest BCUT2D eigenvalue weighted by molar-refractivity contribution is 6.30. The van der Waals surface area contributed by atoms with Crippen LogP contribution in [0.15, 0.2) is 54.6 Å². The van der Waals surface area contributed by atoms with E-state index in [1.54, 1.807) is 30.3 Å². The number of halogens is 1. The number of rotatable bonds is 4. The molecule has 0 aliphatic rings. The lowest BCUT2D eigenvalue weighted by Crippen LogP contribution is -2.03. The molecular formula is C15H10ClNO4. The number of ether oxygens (including phenoxy) is 1. The summed E-state index contributed by atoms with van der Waals surface area (Å²) in [7, 11) is 0. The molecular weight excluding hydrogens is 294 g/mol. The van der Waals surface area contributed by atoms with E-state index in [2.05, 4.69) is 0 Å². The van der Waals surface area contributed by atoms with Crippen LogP contribution in [-0.2, 0) is 4.79 Å². The second-order valence-corrected chi connectivity index (χ2v) is 4.49. The smallest absolute Gasteiger partial charge is 0.336 e. The van der Waals surface area contributed by atoms with Gasteiger partial charge in [-0.1, -0.05) is 23.7 Å². The molecule has 21 heavy (non-hydrogen) atoms. The summed E-state index contributed by atoms with van der Waals surface area (Å²) < 4.78 is 5.02. The van der Waals surface area contributed by atoms with Crippen molar-refractivity contribution in [2.24, 2.45) is 0 Å². The minimum Gasteiger partial charge on any atom is -0.423 e. The Morgan fingerprint density at radius 1 is 1.10 bits per heavy atom. The zero-order valence-electron chi connectivity index (χ0n) is 10.7. The number of hydrogen-bond donors (Lipinski definition) is 0. The molecule has 0 aliphatic carbocycles. The van der Waals surface area contributed by atoms with E-state index >= 15 is 0 Å². The highest BCUT2D eigenvalue weighted by atomic mass is 35.5. The molecule has 0 amide bonds. The predicted octanol–water partition coefficient (Wildman–Crippen LogP) is 3.87. The van der Waals surface area contributed by atoms with Crippen molar-refractivity contribution in [1.82, 2.24) is 0 Å². The first-order chi connectivity index (χ1) is 10.0. The first-order valence-electron chi connectivity index (χ1n) is 5.94. The van der Waals surface area contributed by atoms with Crippen LogP contribution >= 0.6 is 11.6 Å². The van der Waals surface area contributed by atoms with Crippen molar-refractivity contribution in [3.63, 3.8) is 0 Å². The molecule has 0 N–H and O–H groups in total. The van der Waals surface area contributed by atoms with Gasteiger partial charge in [-0.25, -0.2) is 4.79 Å². The van der Waals surface area contributed by atoms with Crippen LogP contribution in [0.4, 0.5) is 5.69 Å². The number of nitro groups is 1. The fourth-order valence-electron chi connectivity index (χ4n) is 1.52. The predicted molar refractivity (Wildman–Crippen MR) is 79.2 cm³/mol. The minimum atomic E-state index is -0.571. The third-order valence-corrected chi connectivity index (χ3v) is 2.80. The van der Waals surface area contributed by atoms with Crippen LogP contribution in [-0.4, -0.2) is 10.9 Å². The largest absolute Gasteiger partial charge is 0.423 e. The van der Waals surface area contributed by atoms with E-state index in [1.165, 1.54) is 30.3 Å². The van der Waals surface area contributed by atoms with Crippen molar-refractivity contribution >= 4 is 29.3 Å². The van der Waals surface area contributed by atoms with Crippen molar-refractivity contribution in [3.8, 4) is 5.75 Å². The van der Waals surface area contributed by atoms with Crippen molar-refractivity contribution in [2.75, 3.05) is 0 Å². The molecule has 0 aliphatic heterocycles. The number of carbonyl (C=O) groups excluding carboxylic acids is 1. The topological polar surface area (TPSA) is 69.4 Å². The van der Waals surface area contributed by atoms with Gasteiger partial charge in [0.15, 0.2) is 0 Å². The molecule has 0 fully saturated rings. The summed E-state index contributed by atoms with van der Waals surface area (Å²) in [5.74, 6) is -0.329. The van der Waals surface area contributed by atoms with E-state index in [4.69, 9.17) is 16.3 Å². The van der Waals surface area contributed by atoms with Gasteiger partial charge in [0.25, 0.3) is 5.69 Å². The van der Waals surface area contributed by atoms with Crippen LogP contribution in [0.25, 0.3) is 6.08 Å². The van der Waals surface area contributed by atoms with E-state index in [-0.39, 0.29) is 11.4 Å². The summed E-state index contributed by atoms with van der Waals surface area (Å²) in [6, 6.07) is 12.2. The van der Waals surface area contributed by atoms with Crippen LogP contribution in [0, 0.1) is 10.1 Å². The number of esters is 1. The number of non-ortho nitro benzene ring substituents is 1. The van der Waals surface area contributed by atoms with Gasteiger partial charge in [-0.3, -0.25) is 10.1 Å². The van der Waals surface area contributed by atoms with Gasteiger partial charge in [0.05, 0.1) is 4.92 Å². The minimum absolute atomic E-state index is 0.0634. The van der Waals surface area contributed by atoms with Crippen LogP contribution in [0.3, 0.4) is 0 Å². The first kappa shape index (κ1) is 14.7. The monoisotopic (exact) mass is 303 g/mol. The Kier molecular flexibility index (Phi) is 4.68. The molecule has 2 aromatic rings. The Morgan fingerprint density at radius 3 is 2.29 bits per heavy atom. The third-order valence-electron chi connectivity index (χ3n) is 2.55. The van der Waals surface area contributed by atoms with Crippen LogP contribution in [0.5, 0.6) is 5.75 Å². The number of nitro benzene ring substituents is 1. The maximum absolute atomic E-state index is 11.6. The van der Waals surface area contributed by atoms with Crippen LogP contribution < -0.4 is 4.74 Å². The van der Waals surface area contributed by atoms with E-state index in [0.717, 1.165) is 5.56 Å². The fraction of sp³-hybridized carbons (Fsp3) is 0. The number of hydrogen-bond acceptors (Lipinski definition) is 4. The summed E-state index contributed by atoms with van der Waals surface area (Å²) in [4.78, 5) is 21.6. The van der Waals surface area contributed by atoms with Crippen molar-refractivity contribution < 1.29 is 14.5 Å². The summed E-state index contributed by atoms with van der Waals surface area (Å²) >= 11 is 5.75. The molecule has 0 aromatic heterocycles. The van der Waals surface area contributed by atoms with Crippen molar-refractivity contribution in [1.29, 1.82) is 0 Å². The van der Waals surface area contributed by atoms with Crippen LogP contribution in [0.1, 0.15) is 5.56 Å². The molecule has 106 valence electrons. The Balaban J connectivity index is 1.98. The van der Waals surface area contributed by atoms with Gasteiger partial charge in [0, 0.05) is 23.2 Å². The molecule has 0 bridgehead atoms. The highest BCUT2D eigenvalue weighted by Gasteiger charge is 2.06. The number of carbonyl (C=O) groups is 1. The Bertz CT molecular complexity index is 678. The zero-order valence-corrected chi connectivity index (χ0v) is 11.5. The zero-order chi connectivity index (χ0) is 15.2. The molecule has 5 nitrogen and oxygen atoms in total. The van der Waals surface area contributed by atoms with Gasteiger partial charge in [-0.2, -0.15) is 0 Å². The molecule has 6 heteroatoms. The fourth-order valence-corrected chi connectivity index (χ4v) is 1.65. The van der Waals surface area contributed by atoms with Crippen LogP contribution in [0.2, 0.25) is 5.02 Å². The second-order valence-electron chi connectivity index (χ2n) is 4.06. The lowest BCUT2D eigenvalue weighted by molar-refractivity contribution is -0.384. The second kappa shape index (κ2) is 6.67. The lowest BCUT2D eigenvalue weighted by atomic mass is 10.2. The van der Waals surface area contributed by atoms with E-state index in [0.29, 0.717) is 5.02 Å². The first-order valence-corrected chi connectivity index (χ1v) is 6.32. The van der Waals surface area contributed by atoms with E-state index in [1.807, 2.05) is 0 Å². The van der Waals surface area contributed by atoms with Gasteiger partial charge in [-0.05, 0) is 35.9 Å². The highest BCUT2D eigenvalue weighted by Crippen LogP contribution is 2.17. The molecule has 2 aromatic carbocycles. The molecule has 0 spiro atoms. The summed E-state index contributed by atoms with van der Waals surface area (Å²) in [6.07, 6.45) is 2.86. The van der Waals surface area contributed by atoms with Gasteiger partial charge >= 0.3 is 5.97 Å². The Labute approximate surface area is 125 Å². The number of nitrogens with zero attached hydrogens (tertiary/aromatic N) is 1. The van der Waals surface area contributed by atoms with Crippen molar-refractivity contribution in [3.05, 3.63) is 75.3 Å². The SMILES string of the molecule is O=C(/C=C/c1ccc(Cl)cc1)Oc1ccc([N+](=O)[O-])cc1. The Morgan fingerprint density at radius 2 is 1.71 bits per heavy atom. The normalized spacial score (nSPS) is 10.5. The van der Waals surface area contributed by atoms with E-state index in [9.17, 15) is 14.9 Å². The maximum Gasteiger partial charge on any atom is 0.336 e. The van der Waals surface area contributed by atoms with Gasteiger partial charge in [0.2, 0.25) is 0 Å². The Hall–Kier alpha value is -2.66. The van der Waals surface area contributed by atoms with Gasteiger partial charge in [0.1, 0.15) is 5.75 Å². The average molecular weight is 304 g/mol. The molecule has 0 radical (unpaired) electrons. The molecule has 2 rings (SSSR count). The number of benzene rings is 2. The summed E-state index contributed by atoms with van der Waals surface area (Å²) in [5, 5.41) is 11.1. The lowest BCUT2D eigenvalue weighted by Gasteiger charge is -2.00. The molecule has 0 saturated carbocycles. The maximum atomic E-state index is 11.6. The van der Waals surface area contributed by atoms with Crippen molar-refractivity contribution in [2.45, 2.75) is 0 Å². The molecule has 0 heterocycles. The quantitative estimate of drug-likeness (QED) is 0.283. The molecule has 0 saturated heterocycles. The molecule has 0 unspecified atom stereocenters. The molecule has 0 atom stereocenters. The van der Waals surface area contributed by atoms with E-state index < -0.39 is 10.9 Å². The standard InChI is InChI=1S/C15H10ClNO4/c16-12-4-1-11(2-5-12)3-10-15(18)21-14-8-6-13(7-9-14)17(19)20/h1-10H/b10-3+. The summed E-state index contributed by atoms with van der Waals surface area (Å²) in [5.41, 5.74) is 0.742. The third kappa shape index (κ3) is 4.43. The van der Waals surface area contributed by atoms with Gasteiger partial charge in [-0.15, -0.1) is 0 Å². The average Bonchev–Trinajstić information content (AvgIpc) is 2.47.